The molecule has 1 aliphatic rings. The third-order valence-corrected chi connectivity index (χ3v) is 4.83. The molecule has 0 bridgehead atoms. The molecule has 0 atom stereocenters. The van der Waals surface area contributed by atoms with Gasteiger partial charge in [-0.05, 0) is 69.0 Å². The summed E-state index contributed by atoms with van der Waals surface area (Å²) < 4.78 is 0. The minimum Gasteiger partial charge on any atom is -0.352 e. The molecule has 2 aromatic rings. The number of carbonyl (C=O) groups excluding carboxylic acids is 1. The van der Waals surface area contributed by atoms with E-state index in [9.17, 15) is 4.79 Å². The highest BCUT2D eigenvalue weighted by atomic mass is 16.1. The molecule has 1 amide bonds. The Labute approximate surface area is 151 Å². The number of hydrogen-bond acceptors (Lipinski definition) is 2. The average molecular weight is 336 g/mol. The van der Waals surface area contributed by atoms with Crippen LogP contribution in [-0.2, 0) is 13.0 Å². The molecule has 132 valence electrons. The topological polar surface area (TPSA) is 32.3 Å². The molecule has 25 heavy (non-hydrogen) atoms. The summed E-state index contributed by atoms with van der Waals surface area (Å²) in [4.78, 5) is 14.7. The molecule has 1 fully saturated rings. The number of carbonyl (C=O) groups is 1. The van der Waals surface area contributed by atoms with Gasteiger partial charge in [0, 0.05) is 18.7 Å². The van der Waals surface area contributed by atoms with Crippen molar-refractivity contribution in [1.82, 2.24) is 10.2 Å². The summed E-state index contributed by atoms with van der Waals surface area (Å²) in [7, 11) is 0. The van der Waals surface area contributed by atoms with Crippen molar-refractivity contribution in [3.8, 4) is 0 Å². The molecule has 3 heteroatoms. The summed E-state index contributed by atoms with van der Waals surface area (Å²) in [5, 5.41) is 3.03. The van der Waals surface area contributed by atoms with Crippen LogP contribution in [0.5, 0.6) is 0 Å². The Morgan fingerprint density at radius 2 is 1.80 bits per heavy atom. The first-order valence-corrected chi connectivity index (χ1v) is 9.36. The number of amides is 1. The quantitative estimate of drug-likeness (QED) is 0.777. The molecule has 1 heterocycles. The minimum atomic E-state index is 0.0250. The van der Waals surface area contributed by atoms with Crippen molar-refractivity contribution in [2.75, 3.05) is 19.6 Å². The number of nitrogens with zero attached hydrogens (tertiary/aromatic N) is 1. The summed E-state index contributed by atoms with van der Waals surface area (Å²) in [6.07, 6.45) is 4.57. The van der Waals surface area contributed by atoms with E-state index >= 15 is 0 Å². The number of hydrogen-bond donors (Lipinski definition) is 1. The van der Waals surface area contributed by atoms with Crippen LogP contribution in [0.3, 0.4) is 0 Å². The molecule has 3 rings (SSSR count). The van der Waals surface area contributed by atoms with E-state index in [0.717, 1.165) is 24.9 Å². The maximum atomic E-state index is 12.2. The van der Waals surface area contributed by atoms with Gasteiger partial charge in [0.2, 0.25) is 0 Å². The average Bonchev–Trinajstić information content (AvgIpc) is 3.12. The summed E-state index contributed by atoms with van der Waals surface area (Å²) in [5.41, 5.74) is 4.66. The maximum absolute atomic E-state index is 12.2. The predicted octanol–water partition coefficient (Wildman–Crippen LogP) is 3.95. The summed E-state index contributed by atoms with van der Waals surface area (Å²) >= 11 is 0. The molecule has 0 aliphatic carbocycles. The van der Waals surface area contributed by atoms with Gasteiger partial charge in [-0.2, -0.15) is 0 Å². The highest BCUT2D eigenvalue weighted by Crippen LogP contribution is 2.13. The molecule has 3 nitrogen and oxygen atoms in total. The maximum Gasteiger partial charge on any atom is 0.251 e. The molecular formula is C22H28N2O. The van der Waals surface area contributed by atoms with E-state index in [1.54, 1.807) is 0 Å². The Kier molecular flexibility index (Phi) is 6.24. The number of likely N-dealkylation sites (tertiary alicyclic amines) is 1. The second kappa shape index (κ2) is 8.82. The third kappa shape index (κ3) is 5.43. The first-order chi connectivity index (χ1) is 12.2. The number of benzene rings is 2. The minimum absolute atomic E-state index is 0.0250. The van der Waals surface area contributed by atoms with Crippen LogP contribution in [-0.4, -0.2) is 30.4 Å². The second-order valence-corrected chi connectivity index (χ2v) is 7.03. The Balaban J connectivity index is 1.41. The lowest BCUT2D eigenvalue weighted by atomic mass is 10.1. The van der Waals surface area contributed by atoms with E-state index in [0.29, 0.717) is 6.54 Å². The van der Waals surface area contributed by atoms with Crippen LogP contribution in [0, 0.1) is 6.92 Å². The van der Waals surface area contributed by atoms with Crippen LogP contribution in [0.2, 0.25) is 0 Å². The van der Waals surface area contributed by atoms with Crippen molar-refractivity contribution in [2.45, 2.75) is 39.2 Å². The van der Waals surface area contributed by atoms with E-state index in [2.05, 4.69) is 53.5 Å². The first-order valence-electron chi connectivity index (χ1n) is 9.36. The standard InChI is InChI=1S/C22H28N2O/c1-18-6-4-7-19(16-18)8-5-13-23-22(25)21-11-9-20(10-12-21)17-24-14-2-3-15-24/h4,6-7,9-12,16H,2-3,5,8,13-15,17H2,1H3,(H,23,25). The van der Waals surface area contributed by atoms with Crippen molar-refractivity contribution < 1.29 is 4.79 Å². The lowest BCUT2D eigenvalue weighted by molar-refractivity contribution is 0.0953. The van der Waals surface area contributed by atoms with Gasteiger partial charge < -0.3 is 5.32 Å². The lowest BCUT2D eigenvalue weighted by Gasteiger charge is -2.14. The molecule has 0 aromatic heterocycles. The molecule has 1 saturated heterocycles. The molecular weight excluding hydrogens is 308 g/mol. The van der Waals surface area contributed by atoms with Gasteiger partial charge in [-0.25, -0.2) is 0 Å². The van der Waals surface area contributed by atoms with Gasteiger partial charge in [-0.3, -0.25) is 9.69 Å². The van der Waals surface area contributed by atoms with Crippen LogP contribution < -0.4 is 5.32 Å². The lowest BCUT2D eigenvalue weighted by Crippen LogP contribution is -2.25. The molecule has 0 saturated carbocycles. The van der Waals surface area contributed by atoms with Crippen LogP contribution in [0.4, 0.5) is 0 Å². The zero-order chi connectivity index (χ0) is 17.5. The fourth-order valence-corrected chi connectivity index (χ4v) is 3.42. The fourth-order valence-electron chi connectivity index (χ4n) is 3.42. The van der Waals surface area contributed by atoms with Crippen molar-refractivity contribution in [3.05, 3.63) is 70.8 Å². The van der Waals surface area contributed by atoms with Crippen LogP contribution in [0.25, 0.3) is 0 Å². The summed E-state index contributed by atoms with van der Waals surface area (Å²) in [6.45, 7) is 6.21. The first kappa shape index (κ1) is 17.7. The highest BCUT2D eigenvalue weighted by molar-refractivity contribution is 5.94. The smallest absolute Gasteiger partial charge is 0.251 e. The van der Waals surface area contributed by atoms with Gasteiger partial charge in [0.05, 0.1) is 0 Å². The largest absolute Gasteiger partial charge is 0.352 e. The van der Waals surface area contributed by atoms with Gasteiger partial charge in [-0.1, -0.05) is 42.0 Å². The Morgan fingerprint density at radius 3 is 2.52 bits per heavy atom. The zero-order valence-corrected chi connectivity index (χ0v) is 15.1. The number of rotatable bonds is 7. The molecule has 0 unspecified atom stereocenters. The molecule has 1 aliphatic heterocycles. The number of nitrogens with one attached hydrogen (secondary N) is 1. The Morgan fingerprint density at radius 1 is 1.04 bits per heavy atom. The van der Waals surface area contributed by atoms with Crippen molar-refractivity contribution in [2.24, 2.45) is 0 Å². The predicted molar refractivity (Wildman–Crippen MR) is 103 cm³/mol. The molecule has 0 spiro atoms. The second-order valence-electron chi connectivity index (χ2n) is 7.03. The van der Waals surface area contributed by atoms with E-state index in [4.69, 9.17) is 0 Å². The van der Waals surface area contributed by atoms with Crippen LogP contribution >= 0.6 is 0 Å². The Hall–Kier alpha value is -2.13. The van der Waals surface area contributed by atoms with Crippen molar-refractivity contribution in [1.29, 1.82) is 0 Å². The zero-order valence-electron chi connectivity index (χ0n) is 15.1. The monoisotopic (exact) mass is 336 g/mol. The summed E-state index contributed by atoms with van der Waals surface area (Å²) in [5.74, 6) is 0.0250. The van der Waals surface area contributed by atoms with Crippen LogP contribution in [0.1, 0.15) is 46.3 Å². The van der Waals surface area contributed by atoms with Crippen LogP contribution in [0.15, 0.2) is 48.5 Å². The highest BCUT2D eigenvalue weighted by Gasteiger charge is 2.12. The van der Waals surface area contributed by atoms with E-state index in [1.807, 2.05) is 12.1 Å². The Bertz CT molecular complexity index is 687. The van der Waals surface area contributed by atoms with E-state index < -0.39 is 0 Å². The number of aryl methyl sites for hydroxylation is 2. The normalized spacial score (nSPS) is 14.6. The van der Waals surface area contributed by atoms with E-state index in [-0.39, 0.29) is 5.91 Å². The van der Waals surface area contributed by atoms with Gasteiger partial charge >= 0.3 is 0 Å². The van der Waals surface area contributed by atoms with Crippen molar-refractivity contribution >= 4 is 5.91 Å². The molecule has 1 N–H and O–H groups in total. The summed E-state index contributed by atoms with van der Waals surface area (Å²) in [6, 6.07) is 16.6. The third-order valence-electron chi connectivity index (χ3n) is 4.83. The van der Waals surface area contributed by atoms with Gasteiger partial charge in [0.1, 0.15) is 0 Å². The van der Waals surface area contributed by atoms with Gasteiger partial charge in [0.15, 0.2) is 0 Å². The molecule has 0 radical (unpaired) electrons. The fraction of sp³-hybridized carbons (Fsp3) is 0.409. The van der Waals surface area contributed by atoms with Gasteiger partial charge in [0.25, 0.3) is 5.91 Å². The molecule has 2 aromatic carbocycles. The van der Waals surface area contributed by atoms with Crippen molar-refractivity contribution in [3.63, 3.8) is 0 Å². The van der Waals surface area contributed by atoms with Gasteiger partial charge in [-0.15, -0.1) is 0 Å². The van der Waals surface area contributed by atoms with E-state index in [1.165, 1.54) is 42.6 Å². The SMILES string of the molecule is Cc1cccc(CCCNC(=O)c2ccc(CN3CCCC3)cc2)c1.